The molecule has 0 N–H and O–H groups in total. The van der Waals surface area contributed by atoms with Crippen molar-refractivity contribution in [2.24, 2.45) is 5.41 Å². The van der Waals surface area contributed by atoms with Crippen LogP contribution >= 0.6 is 0 Å². The van der Waals surface area contributed by atoms with Gasteiger partial charge in [0.05, 0.1) is 24.8 Å². The summed E-state index contributed by atoms with van der Waals surface area (Å²) < 4.78 is 10.8. The quantitative estimate of drug-likeness (QED) is 0.831. The van der Waals surface area contributed by atoms with E-state index in [-0.39, 0.29) is 17.4 Å². The number of nitrogens with zero attached hydrogens (tertiary/aromatic N) is 2. The van der Waals surface area contributed by atoms with Crippen LogP contribution in [0, 0.1) is 5.41 Å². The fourth-order valence-corrected chi connectivity index (χ4v) is 3.97. The van der Waals surface area contributed by atoms with Crippen molar-refractivity contribution in [2.75, 3.05) is 45.4 Å². The summed E-state index contributed by atoms with van der Waals surface area (Å²) in [5, 5.41) is 0. The predicted octanol–water partition coefficient (Wildman–Crippen LogP) is 2.55. The van der Waals surface area contributed by atoms with Crippen LogP contribution in [0.2, 0.25) is 0 Å². The summed E-state index contributed by atoms with van der Waals surface area (Å²) in [5.41, 5.74) is 0.838. The third-order valence-electron chi connectivity index (χ3n) is 5.50. The molecule has 2 fully saturated rings. The van der Waals surface area contributed by atoms with Gasteiger partial charge in [0.2, 0.25) is 5.91 Å². The van der Waals surface area contributed by atoms with E-state index < -0.39 is 0 Å². The molecule has 3 rings (SSSR count). The van der Waals surface area contributed by atoms with Crippen LogP contribution in [0.15, 0.2) is 24.3 Å². The van der Waals surface area contributed by atoms with Crippen molar-refractivity contribution in [3.05, 3.63) is 24.3 Å². The lowest BCUT2D eigenvalue weighted by molar-refractivity contribution is -0.154. The summed E-state index contributed by atoms with van der Waals surface area (Å²) in [5.74, 6) is 1.17. The van der Waals surface area contributed by atoms with Gasteiger partial charge in [-0.15, -0.1) is 0 Å². The number of hydrogen-bond donors (Lipinski definition) is 0. The molecule has 1 heterocycles. The normalized spacial score (nSPS) is 22.9. The number of piperazine rings is 1. The van der Waals surface area contributed by atoms with Gasteiger partial charge in [0.1, 0.15) is 5.75 Å². The third kappa shape index (κ3) is 2.97. The van der Waals surface area contributed by atoms with Crippen molar-refractivity contribution < 1.29 is 14.3 Å². The van der Waals surface area contributed by atoms with Gasteiger partial charge in [-0.25, -0.2) is 0 Å². The lowest BCUT2D eigenvalue weighted by Gasteiger charge is -2.48. The maximum absolute atomic E-state index is 13.1. The van der Waals surface area contributed by atoms with E-state index in [0.717, 1.165) is 50.3 Å². The molecule has 1 aromatic carbocycles. The molecular formula is C19H28N2O3. The van der Waals surface area contributed by atoms with Gasteiger partial charge in [-0.3, -0.25) is 4.79 Å². The minimum Gasteiger partial charge on any atom is -0.495 e. The Bertz CT molecular complexity index is 586. The Kier molecular flexibility index (Phi) is 4.99. The summed E-state index contributed by atoms with van der Waals surface area (Å²) in [6.45, 7) is 5.10. The van der Waals surface area contributed by atoms with E-state index in [1.54, 1.807) is 14.2 Å². The number of amides is 1. The Morgan fingerprint density at radius 1 is 1.25 bits per heavy atom. The van der Waals surface area contributed by atoms with Crippen molar-refractivity contribution in [1.82, 2.24) is 4.90 Å². The fraction of sp³-hybridized carbons (Fsp3) is 0.632. The average molecular weight is 332 g/mol. The first-order valence-electron chi connectivity index (χ1n) is 8.79. The van der Waals surface area contributed by atoms with Crippen molar-refractivity contribution in [1.29, 1.82) is 0 Å². The van der Waals surface area contributed by atoms with Gasteiger partial charge in [-0.2, -0.15) is 0 Å². The van der Waals surface area contributed by atoms with Gasteiger partial charge in [0.25, 0.3) is 0 Å². The molecule has 5 heteroatoms. The Morgan fingerprint density at radius 3 is 2.58 bits per heavy atom. The first-order valence-corrected chi connectivity index (χ1v) is 8.79. The Labute approximate surface area is 144 Å². The fourth-order valence-electron chi connectivity index (χ4n) is 3.97. The average Bonchev–Trinajstić information content (AvgIpc) is 2.57. The first-order chi connectivity index (χ1) is 11.6. The van der Waals surface area contributed by atoms with Crippen LogP contribution in [0.5, 0.6) is 5.75 Å². The van der Waals surface area contributed by atoms with E-state index in [4.69, 9.17) is 9.47 Å². The minimum absolute atomic E-state index is 0.186. The lowest BCUT2D eigenvalue weighted by Crippen LogP contribution is -2.60. The number of carbonyl (C=O) groups is 1. The van der Waals surface area contributed by atoms with Crippen molar-refractivity contribution in [3.8, 4) is 5.75 Å². The summed E-state index contributed by atoms with van der Waals surface area (Å²) in [6.07, 6.45) is 3.04. The number of para-hydroxylation sites is 2. The molecule has 2 aliphatic rings. The summed E-state index contributed by atoms with van der Waals surface area (Å²) in [4.78, 5) is 17.4. The number of methoxy groups -OCH3 is 2. The topological polar surface area (TPSA) is 42.0 Å². The molecule has 24 heavy (non-hydrogen) atoms. The smallest absolute Gasteiger partial charge is 0.231 e. The molecular weight excluding hydrogens is 304 g/mol. The van der Waals surface area contributed by atoms with Crippen LogP contribution in [-0.4, -0.2) is 57.3 Å². The number of rotatable bonds is 5. The van der Waals surface area contributed by atoms with Crippen LogP contribution in [0.25, 0.3) is 0 Å². The van der Waals surface area contributed by atoms with Gasteiger partial charge < -0.3 is 19.3 Å². The Balaban J connectivity index is 1.70. The minimum atomic E-state index is -0.268. The standard InChI is InChI=1S/C19H28N2O3/c1-15-13-20(16-7-4-5-8-17(16)24-3)11-12-21(15)18(22)19(14-23-2)9-6-10-19/h4-5,7-8,15H,6,9-14H2,1-3H3. The van der Waals surface area contributed by atoms with Crippen molar-refractivity contribution >= 4 is 11.6 Å². The third-order valence-corrected chi connectivity index (χ3v) is 5.50. The number of carbonyl (C=O) groups excluding carboxylic acids is 1. The molecule has 0 aromatic heterocycles. The van der Waals surface area contributed by atoms with E-state index in [9.17, 15) is 4.79 Å². The SMILES string of the molecule is COCC1(C(=O)N2CCN(c3ccccc3OC)CC2C)CCC1. The molecule has 0 bridgehead atoms. The highest BCUT2D eigenvalue weighted by Gasteiger charge is 2.47. The predicted molar refractivity (Wildman–Crippen MR) is 94.5 cm³/mol. The van der Waals surface area contributed by atoms with Gasteiger partial charge >= 0.3 is 0 Å². The highest BCUT2D eigenvalue weighted by atomic mass is 16.5. The number of ether oxygens (including phenoxy) is 2. The van der Waals surface area contributed by atoms with Crippen LogP contribution < -0.4 is 9.64 Å². The van der Waals surface area contributed by atoms with E-state index >= 15 is 0 Å². The second-order valence-electron chi connectivity index (χ2n) is 7.03. The highest BCUT2D eigenvalue weighted by molar-refractivity contribution is 5.84. The molecule has 1 saturated heterocycles. The molecule has 1 saturated carbocycles. The zero-order valence-electron chi connectivity index (χ0n) is 15.0. The zero-order chi connectivity index (χ0) is 17.2. The number of benzene rings is 1. The monoisotopic (exact) mass is 332 g/mol. The summed E-state index contributed by atoms with van der Waals surface area (Å²) in [6, 6.07) is 8.27. The summed E-state index contributed by atoms with van der Waals surface area (Å²) >= 11 is 0. The molecule has 1 amide bonds. The van der Waals surface area contributed by atoms with E-state index in [1.807, 2.05) is 18.2 Å². The van der Waals surface area contributed by atoms with Crippen LogP contribution in [-0.2, 0) is 9.53 Å². The van der Waals surface area contributed by atoms with Crippen LogP contribution in [0.1, 0.15) is 26.2 Å². The lowest BCUT2D eigenvalue weighted by atomic mass is 9.68. The maximum atomic E-state index is 13.1. The molecule has 1 aromatic rings. The molecule has 5 nitrogen and oxygen atoms in total. The molecule has 0 spiro atoms. The highest BCUT2D eigenvalue weighted by Crippen LogP contribution is 2.43. The molecule has 0 radical (unpaired) electrons. The molecule has 1 aliphatic heterocycles. The molecule has 1 aliphatic carbocycles. The van der Waals surface area contributed by atoms with Crippen LogP contribution in [0.3, 0.4) is 0 Å². The van der Waals surface area contributed by atoms with Crippen molar-refractivity contribution in [2.45, 2.75) is 32.2 Å². The molecule has 1 atom stereocenters. The second-order valence-corrected chi connectivity index (χ2v) is 7.03. The largest absolute Gasteiger partial charge is 0.495 e. The maximum Gasteiger partial charge on any atom is 0.231 e. The zero-order valence-corrected chi connectivity index (χ0v) is 15.0. The van der Waals surface area contributed by atoms with Gasteiger partial charge in [-0.1, -0.05) is 18.6 Å². The summed E-state index contributed by atoms with van der Waals surface area (Å²) in [7, 11) is 3.39. The Hall–Kier alpha value is -1.75. The Morgan fingerprint density at radius 2 is 2.00 bits per heavy atom. The van der Waals surface area contributed by atoms with E-state index in [1.165, 1.54) is 0 Å². The van der Waals surface area contributed by atoms with Crippen molar-refractivity contribution in [3.63, 3.8) is 0 Å². The number of anilines is 1. The molecule has 1 unspecified atom stereocenters. The van der Waals surface area contributed by atoms with E-state index in [0.29, 0.717) is 6.61 Å². The molecule has 132 valence electrons. The van der Waals surface area contributed by atoms with Gasteiger partial charge in [0, 0.05) is 32.8 Å². The van der Waals surface area contributed by atoms with E-state index in [2.05, 4.69) is 22.8 Å². The van der Waals surface area contributed by atoms with Gasteiger partial charge in [0.15, 0.2) is 0 Å². The second kappa shape index (κ2) is 7.01. The van der Waals surface area contributed by atoms with Gasteiger partial charge in [-0.05, 0) is 31.9 Å². The van der Waals surface area contributed by atoms with Crippen LogP contribution in [0.4, 0.5) is 5.69 Å². The first kappa shape index (κ1) is 17.1. The number of hydrogen-bond acceptors (Lipinski definition) is 4.